The topological polar surface area (TPSA) is 80.4 Å². The Morgan fingerprint density at radius 2 is 2.04 bits per heavy atom. The third kappa shape index (κ3) is 3.83. The lowest BCUT2D eigenvalue weighted by atomic mass is 9.85. The number of likely N-dealkylation sites (tertiary alicyclic amines) is 1. The van der Waals surface area contributed by atoms with Gasteiger partial charge in [0.2, 0.25) is 5.91 Å². The van der Waals surface area contributed by atoms with E-state index in [0.29, 0.717) is 11.3 Å². The van der Waals surface area contributed by atoms with Gasteiger partial charge in [0, 0.05) is 25.5 Å². The number of carbonyl (C=O) groups is 2. The second kappa shape index (κ2) is 7.09. The van der Waals surface area contributed by atoms with Gasteiger partial charge in [-0.3, -0.25) is 9.59 Å². The van der Waals surface area contributed by atoms with Gasteiger partial charge in [-0.25, -0.2) is 4.98 Å². The van der Waals surface area contributed by atoms with E-state index in [2.05, 4.69) is 4.98 Å². The standard InChI is InChI=1S/C17H19F3N4O3/c1-12-13(2-9-27-12)14(25)23-6-3-16(4-7-23,24-8-5-21-11-24)15(26)22-10-17(18,19)20/h2,5,8-9,11H,3-4,6-7,10H2,1H3,(H,22,26). The molecule has 3 rings (SSSR count). The van der Waals surface area contributed by atoms with Gasteiger partial charge < -0.3 is 19.2 Å². The van der Waals surface area contributed by atoms with Crippen LogP contribution in [-0.2, 0) is 10.3 Å². The number of piperidine rings is 1. The second-order valence-corrected chi connectivity index (χ2v) is 6.48. The fraction of sp³-hybridized carbons (Fsp3) is 0.471. The van der Waals surface area contributed by atoms with Crippen LogP contribution in [0, 0.1) is 6.92 Å². The average molecular weight is 384 g/mol. The largest absolute Gasteiger partial charge is 0.469 e. The lowest BCUT2D eigenvalue weighted by Gasteiger charge is -2.41. The number of aryl methyl sites for hydroxylation is 1. The summed E-state index contributed by atoms with van der Waals surface area (Å²) in [6.45, 7) is 0.721. The first-order valence-corrected chi connectivity index (χ1v) is 8.40. The van der Waals surface area contributed by atoms with Crippen molar-refractivity contribution in [3.63, 3.8) is 0 Å². The maximum absolute atomic E-state index is 12.6. The molecule has 1 saturated heterocycles. The van der Waals surface area contributed by atoms with Crippen molar-refractivity contribution in [3.8, 4) is 0 Å². The van der Waals surface area contributed by atoms with E-state index < -0.39 is 24.2 Å². The number of rotatable bonds is 4. The molecule has 10 heteroatoms. The molecule has 146 valence electrons. The lowest BCUT2D eigenvalue weighted by Crippen LogP contribution is -2.56. The highest BCUT2D eigenvalue weighted by Crippen LogP contribution is 2.32. The van der Waals surface area contributed by atoms with Crippen LogP contribution in [0.1, 0.15) is 29.0 Å². The molecule has 1 aliphatic rings. The van der Waals surface area contributed by atoms with E-state index >= 15 is 0 Å². The number of hydrogen-bond donors (Lipinski definition) is 1. The Labute approximate surface area is 153 Å². The van der Waals surface area contributed by atoms with E-state index in [9.17, 15) is 22.8 Å². The van der Waals surface area contributed by atoms with Crippen LogP contribution in [0.4, 0.5) is 13.2 Å². The van der Waals surface area contributed by atoms with E-state index in [1.807, 2.05) is 5.32 Å². The number of nitrogens with zero attached hydrogens (tertiary/aromatic N) is 3. The maximum Gasteiger partial charge on any atom is 0.405 e. The zero-order chi connectivity index (χ0) is 19.7. The zero-order valence-corrected chi connectivity index (χ0v) is 14.6. The highest BCUT2D eigenvalue weighted by molar-refractivity contribution is 5.95. The maximum atomic E-state index is 12.6. The summed E-state index contributed by atoms with van der Waals surface area (Å²) in [5, 5.41) is 1.97. The monoisotopic (exact) mass is 384 g/mol. The molecule has 0 aromatic carbocycles. The van der Waals surface area contributed by atoms with Crippen LogP contribution >= 0.6 is 0 Å². The predicted molar refractivity (Wildman–Crippen MR) is 87.8 cm³/mol. The van der Waals surface area contributed by atoms with E-state index in [0.717, 1.165) is 0 Å². The van der Waals surface area contributed by atoms with Crippen molar-refractivity contribution in [2.45, 2.75) is 31.5 Å². The van der Waals surface area contributed by atoms with Crippen molar-refractivity contribution >= 4 is 11.8 Å². The van der Waals surface area contributed by atoms with Gasteiger partial charge in [0.15, 0.2) is 0 Å². The van der Waals surface area contributed by atoms with Crippen molar-refractivity contribution in [1.29, 1.82) is 0 Å². The Morgan fingerprint density at radius 1 is 1.33 bits per heavy atom. The van der Waals surface area contributed by atoms with E-state index in [-0.39, 0.29) is 31.8 Å². The molecule has 1 fully saturated rings. The van der Waals surface area contributed by atoms with E-state index in [1.54, 1.807) is 24.1 Å². The molecule has 2 aromatic rings. The molecule has 7 nitrogen and oxygen atoms in total. The molecule has 2 aromatic heterocycles. The Bertz CT molecular complexity index is 806. The number of hydrogen-bond acceptors (Lipinski definition) is 4. The minimum absolute atomic E-state index is 0.176. The van der Waals surface area contributed by atoms with E-state index in [1.165, 1.54) is 23.4 Å². The van der Waals surface area contributed by atoms with Crippen LogP contribution in [0.15, 0.2) is 35.5 Å². The number of carbonyl (C=O) groups excluding carboxylic acids is 2. The van der Waals surface area contributed by atoms with Crippen LogP contribution < -0.4 is 5.32 Å². The van der Waals surface area contributed by atoms with Crippen molar-refractivity contribution in [2.75, 3.05) is 19.6 Å². The van der Waals surface area contributed by atoms with Crippen LogP contribution in [0.2, 0.25) is 0 Å². The summed E-state index contributed by atoms with van der Waals surface area (Å²) in [5.41, 5.74) is -0.782. The second-order valence-electron chi connectivity index (χ2n) is 6.48. The minimum Gasteiger partial charge on any atom is -0.469 e. The van der Waals surface area contributed by atoms with Crippen LogP contribution in [0.3, 0.4) is 0 Å². The molecule has 0 unspecified atom stereocenters. The molecule has 0 saturated carbocycles. The number of imidazole rings is 1. The lowest BCUT2D eigenvalue weighted by molar-refractivity contribution is -0.145. The van der Waals surface area contributed by atoms with Gasteiger partial charge in [0.05, 0.1) is 18.2 Å². The Balaban J connectivity index is 1.76. The number of aromatic nitrogens is 2. The first-order chi connectivity index (χ1) is 12.7. The number of amides is 2. The van der Waals surface area contributed by atoms with Crippen molar-refractivity contribution in [3.05, 3.63) is 42.4 Å². The summed E-state index contributed by atoms with van der Waals surface area (Å²) in [7, 11) is 0. The predicted octanol–water partition coefficient (Wildman–Crippen LogP) is 2.09. The molecular weight excluding hydrogens is 365 g/mol. The molecule has 27 heavy (non-hydrogen) atoms. The number of nitrogens with one attached hydrogen (secondary N) is 1. The highest BCUT2D eigenvalue weighted by atomic mass is 19.4. The number of halogens is 3. The van der Waals surface area contributed by atoms with Gasteiger partial charge in [-0.15, -0.1) is 0 Å². The van der Waals surface area contributed by atoms with Gasteiger partial charge in [0.1, 0.15) is 17.8 Å². The molecule has 3 heterocycles. The summed E-state index contributed by atoms with van der Waals surface area (Å²) in [5.74, 6) is -0.463. The SMILES string of the molecule is Cc1occc1C(=O)N1CCC(C(=O)NCC(F)(F)F)(n2ccnc2)CC1. The molecule has 1 aliphatic heterocycles. The highest BCUT2D eigenvalue weighted by Gasteiger charge is 2.45. The summed E-state index contributed by atoms with van der Waals surface area (Å²) in [6.07, 6.45) is 1.69. The molecule has 0 spiro atoms. The molecule has 2 amide bonds. The van der Waals surface area contributed by atoms with Crippen molar-refractivity contribution in [2.24, 2.45) is 0 Å². The molecular formula is C17H19F3N4O3. The molecule has 0 atom stereocenters. The Hall–Kier alpha value is -2.78. The Morgan fingerprint density at radius 3 is 2.56 bits per heavy atom. The summed E-state index contributed by atoms with van der Waals surface area (Å²) in [4.78, 5) is 30.7. The fourth-order valence-corrected chi connectivity index (χ4v) is 3.32. The molecule has 0 bridgehead atoms. The van der Waals surface area contributed by atoms with Crippen LogP contribution in [-0.4, -0.2) is 52.1 Å². The minimum atomic E-state index is -4.50. The third-order valence-corrected chi connectivity index (χ3v) is 4.84. The average Bonchev–Trinajstić information content (AvgIpc) is 3.30. The van der Waals surface area contributed by atoms with Gasteiger partial charge >= 0.3 is 6.18 Å². The zero-order valence-electron chi connectivity index (χ0n) is 14.6. The van der Waals surface area contributed by atoms with Gasteiger partial charge in [0.25, 0.3) is 5.91 Å². The fourth-order valence-electron chi connectivity index (χ4n) is 3.32. The smallest absolute Gasteiger partial charge is 0.405 e. The van der Waals surface area contributed by atoms with Crippen molar-refractivity contribution < 1.29 is 27.2 Å². The quantitative estimate of drug-likeness (QED) is 0.876. The Kier molecular flexibility index (Phi) is 4.99. The summed E-state index contributed by atoms with van der Waals surface area (Å²) >= 11 is 0. The van der Waals surface area contributed by atoms with Crippen LogP contribution in [0.5, 0.6) is 0 Å². The molecule has 1 N–H and O–H groups in total. The molecule has 0 radical (unpaired) electrons. The number of alkyl halides is 3. The van der Waals surface area contributed by atoms with Crippen LogP contribution in [0.25, 0.3) is 0 Å². The van der Waals surface area contributed by atoms with E-state index in [4.69, 9.17) is 4.42 Å². The summed E-state index contributed by atoms with van der Waals surface area (Å²) in [6, 6.07) is 1.57. The van der Waals surface area contributed by atoms with Gasteiger partial charge in [-0.05, 0) is 25.8 Å². The van der Waals surface area contributed by atoms with Crippen molar-refractivity contribution in [1.82, 2.24) is 19.8 Å². The normalized spacial score (nSPS) is 17.0. The van der Waals surface area contributed by atoms with Gasteiger partial charge in [-0.2, -0.15) is 13.2 Å². The number of furan rings is 1. The van der Waals surface area contributed by atoms with Gasteiger partial charge in [-0.1, -0.05) is 0 Å². The molecule has 0 aliphatic carbocycles. The first kappa shape index (κ1) is 19.0. The summed E-state index contributed by atoms with van der Waals surface area (Å²) < 4.78 is 44.2. The first-order valence-electron chi connectivity index (χ1n) is 8.40. The third-order valence-electron chi connectivity index (χ3n) is 4.84.